The van der Waals surface area contributed by atoms with E-state index in [0.29, 0.717) is 31.3 Å². The smallest absolute Gasteiger partial charge is 0.0718 e. The van der Waals surface area contributed by atoms with Crippen LogP contribution in [-0.2, 0) is 16.1 Å². The average Bonchev–Trinajstić information content (AvgIpc) is 3.15. The van der Waals surface area contributed by atoms with Crippen LogP contribution in [0.3, 0.4) is 0 Å². The zero-order valence-electron chi connectivity index (χ0n) is 12.2. The van der Waals surface area contributed by atoms with Crippen molar-refractivity contribution in [1.82, 2.24) is 0 Å². The number of methoxy groups -OCH3 is 1. The van der Waals surface area contributed by atoms with Crippen LogP contribution in [0.5, 0.6) is 0 Å². The van der Waals surface area contributed by atoms with Gasteiger partial charge in [0.2, 0.25) is 0 Å². The number of nitrogens with one attached hydrogen (secondary N) is 1. The number of anilines is 1. The molecule has 0 bridgehead atoms. The van der Waals surface area contributed by atoms with Gasteiger partial charge in [-0.15, -0.1) is 0 Å². The molecule has 0 aliphatic heterocycles. The normalized spacial score (nSPS) is 18.1. The maximum absolute atomic E-state index is 5.55. The number of benzene rings is 1. The quantitative estimate of drug-likeness (QED) is 0.729. The fourth-order valence-electron chi connectivity index (χ4n) is 2.14. The van der Waals surface area contributed by atoms with E-state index in [1.54, 1.807) is 7.11 Å². The summed E-state index contributed by atoms with van der Waals surface area (Å²) in [6.45, 7) is 6.55. The zero-order valence-corrected chi connectivity index (χ0v) is 12.2. The Labute approximate surface area is 116 Å². The first kappa shape index (κ1) is 14.4. The van der Waals surface area contributed by atoms with E-state index in [2.05, 4.69) is 43.4 Å². The van der Waals surface area contributed by atoms with Gasteiger partial charge < -0.3 is 14.8 Å². The van der Waals surface area contributed by atoms with Gasteiger partial charge in [0, 0.05) is 18.8 Å². The molecule has 1 fully saturated rings. The van der Waals surface area contributed by atoms with Crippen LogP contribution >= 0.6 is 0 Å². The molecule has 0 heterocycles. The van der Waals surface area contributed by atoms with Gasteiger partial charge in [0.15, 0.2) is 0 Å². The highest BCUT2D eigenvalue weighted by Gasteiger charge is 2.42. The van der Waals surface area contributed by atoms with Crippen molar-refractivity contribution in [2.24, 2.45) is 5.41 Å². The zero-order chi connectivity index (χ0) is 13.7. The molecule has 1 atom stereocenters. The second kappa shape index (κ2) is 6.40. The molecule has 0 amide bonds. The maximum atomic E-state index is 5.55. The summed E-state index contributed by atoms with van der Waals surface area (Å²) < 4.78 is 10.5. The van der Waals surface area contributed by atoms with Gasteiger partial charge in [-0.25, -0.2) is 0 Å². The lowest BCUT2D eigenvalue weighted by molar-refractivity contribution is 0.0617. The highest BCUT2D eigenvalue weighted by atomic mass is 16.5. The van der Waals surface area contributed by atoms with E-state index in [9.17, 15) is 0 Å². The molecule has 2 rings (SSSR count). The molecule has 0 spiro atoms. The van der Waals surface area contributed by atoms with Crippen LogP contribution < -0.4 is 5.32 Å². The fourth-order valence-corrected chi connectivity index (χ4v) is 2.14. The van der Waals surface area contributed by atoms with Crippen molar-refractivity contribution in [3.8, 4) is 0 Å². The average molecular weight is 263 g/mol. The Morgan fingerprint density at radius 1 is 1.32 bits per heavy atom. The Bertz CT molecular complexity index is 401. The van der Waals surface area contributed by atoms with Gasteiger partial charge in [-0.1, -0.05) is 19.1 Å². The summed E-state index contributed by atoms with van der Waals surface area (Å²) >= 11 is 0. The molecule has 0 saturated heterocycles. The molecule has 1 aliphatic rings. The van der Waals surface area contributed by atoms with Gasteiger partial charge in [0.05, 0.1) is 19.8 Å². The first-order valence-electron chi connectivity index (χ1n) is 7.06. The van der Waals surface area contributed by atoms with E-state index in [-0.39, 0.29) is 0 Å². The molecule has 1 aromatic rings. The molecule has 1 aliphatic carbocycles. The minimum atomic E-state index is 0.491. The summed E-state index contributed by atoms with van der Waals surface area (Å²) in [5, 5.41) is 3.61. The van der Waals surface area contributed by atoms with E-state index >= 15 is 0 Å². The first-order valence-corrected chi connectivity index (χ1v) is 7.06. The summed E-state index contributed by atoms with van der Waals surface area (Å²) in [5.74, 6) is 0. The molecule has 106 valence electrons. The maximum Gasteiger partial charge on any atom is 0.0718 e. The van der Waals surface area contributed by atoms with Gasteiger partial charge in [0.25, 0.3) is 0 Å². The number of hydrogen-bond donors (Lipinski definition) is 1. The van der Waals surface area contributed by atoms with Crippen LogP contribution in [0.25, 0.3) is 0 Å². The van der Waals surface area contributed by atoms with Crippen LogP contribution in [0.4, 0.5) is 5.69 Å². The van der Waals surface area contributed by atoms with E-state index in [0.717, 1.165) is 0 Å². The molecule has 0 radical (unpaired) electrons. The summed E-state index contributed by atoms with van der Waals surface area (Å²) in [4.78, 5) is 0. The lowest BCUT2D eigenvalue weighted by Gasteiger charge is -2.22. The largest absolute Gasteiger partial charge is 0.382 e. The second-order valence-corrected chi connectivity index (χ2v) is 5.77. The Morgan fingerprint density at radius 2 is 2.11 bits per heavy atom. The van der Waals surface area contributed by atoms with E-state index in [4.69, 9.17) is 9.47 Å². The van der Waals surface area contributed by atoms with Crippen LogP contribution in [0.2, 0.25) is 0 Å². The Kier molecular flexibility index (Phi) is 4.83. The van der Waals surface area contributed by atoms with E-state index < -0.39 is 0 Å². The molecular weight excluding hydrogens is 238 g/mol. The third-order valence-electron chi connectivity index (χ3n) is 4.09. The molecule has 19 heavy (non-hydrogen) atoms. The van der Waals surface area contributed by atoms with Crippen molar-refractivity contribution >= 4 is 5.69 Å². The lowest BCUT2D eigenvalue weighted by Crippen LogP contribution is -2.24. The summed E-state index contributed by atoms with van der Waals surface area (Å²) in [6, 6.07) is 9.01. The first-order chi connectivity index (χ1) is 9.14. The van der Waals surface area contributed by atoms with Gasteiger partial charge >= 0.3 is 0 Å². The molecule has 3 nitrogen and oxygen atoms in total. The van der Waals surface area contributed by atoms with Gasteiger partial charge in [-0.05, 0) is 42.9 Å². The minimum absolute atomic E-state index is 0.491. The van der Waals surface area contributed by atoms with Crippen molar-refractivity contribution in [2.45, 2.75) is 39.3 Å². The highest BCUT2D eigenvalue weighted by Crippen LogP contribution is 2.48. The van der Waals surface area contributed by atoms with Crippen molar-refractivity contribution in [3.63, 3.8) is 0 Å². The summed E-state index contributed by atoms with van der Waals surface area (Å²) in [7, 11) is 1.69. The predicted octanol–water partition coefficient (Wildman–Crippen LogP) is 3.45. The fraction of sp³-hybridized carbons (Fsp3) is 0.625. The molecule has 1 aromatic carbocycles. The molecule has 1 N–H and O–H groups in total. The van der Waals surface area contributed by atoms with Crippen LogP contribution in [-0.4, -0.2) is 26.4 Å². The Morgan fingerprint density at radius 3 is 2.79 bits per heavy atom. The van der Waals surface area contributed by atoms with Crippen LogP contribution in [0, 0.1) is 5.41 Å². The van der Waals surface area contributed by atoms with Gasteiger partial charge in [-0.2, -0.15) is 0 Å². The lowest BCUT2D eigenvalue weighted by atomic mass is 10.0. The highest BCUT2D eigenvalue weighted by molar-refractivity contribution is 5.47. The van der Waals surface area contributed by atoms with Gasteiger partial charge in [-0.3, -0.25) is 0 Å². The van der Waals surface area contributed by atoms with Crippen LogP contribution in [0.1, 0.15) is 32.3 Å². The van der Waals surface area contributed by atoms with Crippen molar-refractivity contribution in [2.75, 3.05) is 25.6 Å². The SMILES string of the molecule is COCCOCc1cccc(NC(C)C2(C)CC2)c1. The van der Waals surface area contributed by atoms with Crippen molar-refractivity contribution in [1.29, 1.82) is 0 Å². The minimum Gasteiger partial charge on any atom is -0.382 e. The molecule has 1 saturated carbocycles. The molecule has 3 heteroatoms. The van der Waals surface area contributed by atoms with Crippen LogP contribution in [0.15, 0.2) is 24.3 Å². The third kappa shape index (κ3) is 4.22. The standard InChI is InChI=1S/C16H25NO2/c1-13(16(2)7-8-16)17-15-6-4-5-14(11-15)12-19-10-9-18-3/h4-6,11,13,17H,7-10,12H2,1-3H3. The summed E-state index contributed by atoms with van der Waals surface area (Å²) in [6.07, 6.45) is 2.67. The monoisotopic (exact) mass is 263 g/mol. The predicted molar refractivity (Wildman–Crippen MR) is 78.4 cm³/mol. The number of rotatable bonds is 8. The Balaban J connectivity index is 1.84. The third-order valence-corrected chi connectivity index (χ3v) is 4.09. The van der Waals surface area contributed by atoms with Gasteiger partial charge in [0.1, 0.15) is 0 Å². The topological polar surface area (TPSA) is 30.5 Å². The Hall–Kier alpha value is -1.06. The number of ether oxygens (including phenoxy) is 2. The molecular formula is C16H25NO2. The van der Waals surface area contributed by atoms with Crippen molar-refractivity contribution < 1.29 is 9.47 Å². The molecule has 1 unspecified atom stereocenters. The summed E-state index contributed by atoms with van der Waals surface area (Å²) in [5.41, 5.74) is 2.88. The van der Waals surface area contributed by atoms with Crippen molar-refractivity contribution in [3.05, 3.63) is 29.8 Å². The number of hydrogen-bond acceptors (Lipinski definition) is 3. The second-order valence-electron chi connectivity index (χ2n) is 5.77. The van der Waals surface area contributed by atoms with E-state index in [1.165, 1.54) is 24.1 Å². The van der Waals surface area contributed by atoms with E-state index in [1.807, 2.05) is 0 Å². The molecule has 0 aromatic heterocycles.